The van der Waals surface area contributed by atoms with Crippen molar-refractivity contribution >= 4 is 34.8 Å². The maximum atomic E-state index is 15.2. The molecule has 0 aliphatic carbocycles. The molecular weight excluding hydrogens is 622 g/mol. The molecule has 15 heteroatoms. The number of aromatic nitrogens is 3. The number of morpholine rings is 1. The van der Waals surface area contributed by atoms with Gasteiger partial charge in [-0.2, -0.15) is 13.2 Å². The molecule has 2 N–H and O–H groups in total. The van der Waals surface area contributed by atoms with E-state index in [2.05, 4.69) is 10.3 Å². The van der Waals surface area contributed by atoms with Gasteiger partial charge in [-0.25, -0.2) is 14.2 Å². The van der Waals surface area contributed by atoms with Gasteiger partial charge in [0.05, 0.1) is 34.9 Å². The van der Waals surface area contributed by atoms with Gasteiger partial charge in [0, 0.05) is 61.1 Å². The lowest BCUT2D eigenvalue weighted by molar-refractivity contribution is -0.139. The van der Waals surface area contributed by atoms with Crippen molar-refractivity contribution in [2.24, 2.45) is 7.05 Å². The Labute approximate surface area is 258 Å². The average molecular weight is 650 g/mol. The van der Waals surface area contributed by atoms with E-state index in [1.807, 2.05) is 11.8 Å². The highest BCUT2D eigenvalue weighted by Crippen LogP contribution is 2.37. The third-order valence-corrected chi connectivity index (χ3v) is 8.15. The summed E-state index contributed by atoms with van der Waals surface area (Å²) in [5.41, 5.74) is -2.53. The Balaban J connectivity index is 1.47. The first-order valence-corrected chi connectivity index (χ1v) is 14.2. The first-order valence-electron chi connectivity index (χ1n) is 13.8. The molecule has 4 aromatic rings. The molecule has 1 aromatic carbocycles. The van der Waals surface area contributed by atoms with E-state index in [0.29, 0.717) is 25.4 Å². The summed E-state index contributed by atoms with van der Waals surface area (Å²) in [5, 5.41) is 12.0. The number of hydrogen-bond acceptors (Lipinski definition) is 6. The number of imidazole rings is 1. The van der Waals surface area contributed by atoms with Crippen molar-refractivity contribution in [1.29, 1.82) is 0 Å². The first kappa shape index (κ1) is 32.0. The standard InChI is InChI=1S/C30H28ClF4N5O5/c1-15-10-20(30(33,34)35)24(28(42)38(15)3)19-5-4-17(40-7-6-36-26(19)40)13-23(29(43)44)37-27(41)25-21(31)11-18(12-22(25)32)39-8-9-45-14-16(39)2/h4-7,10-12,16,23H,8-9,13-14H2,1-3H3,(H,37,41)(H,43,44)/t16-,23-/m0/s1. The Morgan fingerprint density at radius 3 is 2.62 bits per heavy atom. The van der Waals surface area contributed by atoms with Gasteiger partial charge in [-0.05, 0) is 44.2 Å². The van der Waals surface area contributed by atoms with Gasteiger partial charge in [0.1, 0.15) is 17.5 Å². The maximum Gasteiger partial charge on any atom is 0.417 e. The summed E-state index contributed by atoms with van der Waals surface area (Å²) >= 11 is 6.31. The predicted molar refractivity (Wildman–Crippen MR) is 157 cm³/mol. The molecule has 1 fully saturated rings. The Kier molecular flexibility index (Phi) is 8.64. The zero-order valence-electron chi connectivity index (χ0n) is 24.3. The largest absolute Gasteiger partial charge is 0.480 e. The number of carboxylic acids is 1. The summed E-state index contributed by atoms with van der Waals surface area (Å²) in [7, 11) is 1.35. The molecule has 0 unspecified atom stereocenters. The number of nitrogens with one attached hydrogen (secondary N) is 1. The number of rotatable bonds is 7. The monoisotopic (exact) mass is 649 g/mol. The van der Waals surface area contributed by atoms with E-state index >= 15 is 4.39 Å². The van der Waals surface area contributed by atoms with E-state index in [-0.39, 0.29) is 40.1 Å². The van der Waals surface area contributed by atoms with Gasteiger partial charge in [-0.1, -0.05) is 11.6 Å². The number of carbonyl (C=O) groups is 2. The van der Waals surface area contributed by atoms with E-state index in [1.54, 1.807) is 0 Å². The lowest BCUT2D eigenvalue weighted by atomic mass is 9.99. The van der Waals surface area contributed by atoms with E-state index in [0.717, 1.165) is 16.7 Å². The van der Waals surface area contributed by atoms with Gasteiger partial charge in [-0.3, -0.25) is 9.59 Å². The van der Waals surface area contributed by atoms with Gasteiger partial charge >= 0.3 is 12.1 Å². The number of carbonyl (C=O) groups excluding carboxylic acids is 1. The zero-order valence-corrected chi connectivity index (χ0v) is 25.0. The van der Waals surface area contributed by atoms with E-state index in [4.69, 9.17) is 16.3 Å². The van der Waals surface area contributed by atoms with Crippen LogP contribution in [0.5, 0.6) is 0 Å². The third-order valence-electron chi connectivity index (χ3n) is 7.85. The Morgan fingerprint density at radius 1 is 1.24 bits per heavy atom. The number of carboxylic acid groups (broad SMARTS) is 1. The van der Waals surface area contributed by atoms with Crippen molar-refractivity contribution in [3.8, 4) is 11.1 Å². The van der Waals surface area contributed by atoms with Crippen molar-refractivity contribution in [2.45, 2.75) is 38.5 Å². The summed E-state index contributed by atoms with van der Waals surface area (Å²) < 4.78 is 65.1. The molecule has 0 spiro atoms. The molecule has 45 heavy (non-hydrogen) atoms. The van der Waals surface area contributed by atoms with Crippen LogP contribution < -0.4 is 15.8 Å². The number of fused-ring (bicyclic) bond motifs is 1. The highest BCUT2D eigenvalue weighted by molar-refractivity contribution is 6.34. The molecule has 238 valence electrons. The number of hydrogen-bond donors (Lipinski definition) is 2. The number of benzene rings is 1. The molecule has 1 aliphatic heterocycles. The summed E-state index contributed by atoms with van der Waals surface area (Å²) in [4.78, 5) is 44.4. The van der Waals surface area contributed by atoms with Crippen LogP contribution in [0.2, 0.25) is 5.02 Å². The normalized spacial score (nSPS) is 16.2. The predicted octanol–water partition coefficient (Wildman–Crippen LogP) is 4.47. The lowest BCUT2D eigenvalue weighted by Gasteiger charge is -2.35. The topological polar surface area (TPSA) is 118 Å². The summed E-state index contributed by atoms with van der Waals surface area (Å²) in [5.74, 6) is -3.47. The van der Waals surface area contributed by atoms with Gasteiger partial charge in [0.2, 0.25) is 0 Å². The second-order valence-corrected chi connectivity index (χ2v) is 11.2. The Morgan fingerprint density at radius 2 is 1.98 bits per heavy atom. The number of amides is 1. The average Bonchev–Trinajstić information content (AvgIpc) is 3.46. The van der Waals surface area contributed by atoms with Gasteiger partial charge < -0.3 is 29.0 Å². The van der Waals surface area contributed by atoms with Crippen LogP contribution in [0.25, 0.3) is 16.8 Å². The van der Waals surface area contributed by atoms with Gasteiger partial charge in [-0.15, -0.1) is 0 Å². The molecule has 5 rings (SSSR count). The fraction of sp³-hybridized carbons (Fsp3) is 0.333. The highest BCUT2D eigenvalue weighted by atomic mass is 35.5. The number of nitrogens with zero attached hydrogens (tertiary/aromatic N) is 4. The number of aliphatic carboxylic acids is 1. The molecule has 2 atom stereocenters. The summed E-state index contributed by atoms with van der Waals surface area (Å²) in [6.07, 6.45) is -2.53. The van der Waals surface area contributed by atoms with Crippen LogP contribution in [0.4, 0.5) is 23.2 Å². The number of halogens is 5. The van der Waals surface area contributed by atoms with Crippen molar-refractivity contribution in [1.82, 2.24) is 19.3 Å². The van der Waals surface area contributed by atoms with Crippen LogP contribution in [0.1, 0.15) is 34.2 Å². The van der Waals surface area contributed by atoms with Gasteiger partial charge in [0.15, 0.2) is 0 Å². The molecule has 0 bridgehead atoms. The fourth-order valence-corrected chi connectivity index (χ4v) is 5.72. The SMILES string of the molecule is Cc1cc(C(F)(F)F)c(-c2ccc(C[C@H](NC(=O)c3c(F)cc(N4CCOC[C@@H]4C)cc3Cl)C(=O)O)n3ccnc23)c(=O)n1C. The Bertz CT molecular complexity index is 1850. The molecule has 4 heterocycles. The molecule has 1 amide bonds. The number of alkyl halides is 3. The maximum absolute atomic E-state index is 15.2. The number of ether oxygens (including phenoxy) is 1. The third kappa shape index (κ3) is 6.12. The van der Waals surface area contributed by atoms with Crippen LogP contribution in [0.3, 0.4) is 0 Å². The molecule has 0 saturated carbocycles. The van der Waals surface area contributed by atoms with E-state index in [9.17, 15) is 32.7 Å². The van der Waals surface area contributed by atoms with Crippen LogP contribution in [-0.4, -0.2) is 62.8 Å². The van der Waals surface area contributed by atoms with Crippen molar-refractivity contribution in [3.63, 3.8) is 0 Å². The van der Waals surface area contributed by atoms with E-state index in [1.165, 1.54) is 49.0 Å². The second kappa shape index (κ2) is 12.2. The minimum absolute atomic E-state index is 0.0311. The van der Waals surface area contributed by atoms with Crippen molar-refractivity contribution in [3.05, 3.63) is 86.4 Å². The summed E-state index contributed by atoms with van der Waals surface area (Å²) in [6, 6.07) is 4.39. The fourth-order valence-electron chi connectivity index (χ4n) is 5.43. The van der Waals surface area contributed by atoms with Crippen molar-refractivity contribution < 1.29 is 37.0 Å². The van der Waals surface area contributed by atoms with E-state index < -0.39 is 52.2 Å². The van der Waals surface area contributed by atoms with Crippen LogP contribution in [-0.2, 0) is 29.2 Å². The smallest absolute Gasteiger partial charge is 0.417 e. The Hall–Kier alpha value is -4.43. The minimum atomic E-state index is -4.84. The quantitative estimate of drug-likeness (QED) is 0.284. The lowest BCUT2D eigenvalue weighted by Crippen LogP contribution is -2.44. The number of anilines is 1. The van der Waals surface area contributed by atoms with Gasteiger partial charge in [0.25, 0.3) is 11.5 Å². The molecule has 1 aliphatic rings. The summed E-state index contributed by atoms with van der Waals surface area (Å²) in [6.45, 7) is 4.62. The van der Waals surface area contributed by atoms with Crippen LogP contribution in [0, 0.1) is 12.7 Å². The van der Waals surface area contributed by atoms with Crippen LogP contribution >= 0.6 is 11.6 Å². The number of pyridine rings is 2. The zero-order chi connectivity index (χ0) is 32.8. The first-order chi connectivity index (χ1) is 21.2. The minimum Gasteiger partial charge on any atom is -0.480 e. The number of aryl methyl sites for hydroxylation is 1. The molecule has 3 aromatic heterocycles. The molecule has 1 saturated heterocycles. The molecule has 0 radical (unpaired) electrons. The highest BCUT2D eigenvalue weighted by Gasteiger charge is 2.37. The van der Waals surface area contributed by atoms with Crippen LogP contribution in [0.15, 0.2) is 47.5 Å². The van der Waals surface area contributed by atoms with Crippen molar-refractivity contribution in [2.75, 3.05) is 24.7 Å². The molecular formula is C30H28ClF4N5O5. The second-order valence-electron chi connectivity index (χ2n) is 10.8. The molecule has 10 nitrogen and oxygen atoms in total.